The van der Waals surface area contributed by atoms with Crippen molar-refractivity contribution in [3.8, 4) is 12.3 Å². The molecule has 4 atom stereocenters. The summed E-state index contributed by atoms with van der Waals surface area (Å²) in [6.07, 6.45) is 2.45. The molecule has 0 bridgehead atoms. The lowest BCUT2D eigenvalue weighted by atomic mass is 9.95. The molecule has 1 aliphatic heterocycles. The molecule has 1 saturated heterocycles. The zero-order valence-corrected chi connectivity index (χ0v) is 11.0. The Morgan fingerprint density at radius 1 is 1.65 bits per heavy atom. The average Bonchev–Trinajstić information content (AvgIpc) is 2.63. The van der Waals surface area contributed by atoms with Gasteiger partial charge in [-0.2, -0.15) is 4.98 Å². The fourth-order valence-electron chi connectivity index (χ4n) is 1.95. The van der Waals surface area contributed by atoms with Crippen molar-refractivity contribution in [2.75, 3.05) is 12.3 Å². The Morgan fingerprint density at radius 2 is 2.30 bits per heavy atom. The van der Waals surface area contributed by atoms with E-state index in [2.05, 4.69) is 4.98 Å². The molecule has 20 heavy (non-hydrogen) atoms. The van der Waals surface area contributed by atoms with Crippen LogP contribution < -0.4 is 11.4 Å². The quantitative estimate of drug-likeness (QED) is 0.459. The Hall–Kier alpha value is -1.63. The Balaban J connectivity index is 0.00000200. The normalized spacial score (nSPS) is 32.4. The summed E-state index contributed by atoms with van der Waals surface area (Å²) in [6, 6.07) is 1.32. The highest BCUT2D eigenvalue weighted by Gasteiger charge is 2.55. The van der Waals surface area contributed by atoms with Gasteiger partial charge < -0.3 is 25.8 Å². The zero-order valence-electron chi connectivity index (χ0n) is 10.2. The number of hydrogen-bond donors (Lipinski definition) is 4. The highest BCUT2D eigenvalue weighted by atomic mass is 35.5. The molecule has 0 amide bonds. The number of hydrogen-bond acceptors (Lipinski definition) is 7. The lowest BCUT2D eigenvalue weighted by Crippen LogP contribution is -2.47. The number of nitrogens with two attached hydrogens (primary N) is 1. The third-order valence-electron chi connectivity index (χ3n) is 3.00. The maximum Gasteiger partial charge on any atom is 0.351 e. The van der Waals surface area contributed by atoms with Gasteiger partial charge in [0.25, 0.3) is 0 Å². The number of aliphatic hydroxyl groups excluding tert-OH is 2. The first-order chi connectivity index (χ1) is 8.93. The first kappa shape index (κ1) is 16.4. The maximum atomic E-state index is 11.7. The number of halogens is 1. The van der Waals surface area contributed by atoms with Crippen LogP contribution in [0.25, 0.3) is 0 Å². The molecule has 0 saturated carbocycles. The minimum Gasteiger partial charge on any atom is -0.394 e. The van der Waals surface area contributed by atoms with Crippen LogP contribution in [-0.4, -0.2) is 49.3 Å². The Morgan fingerprint density at radius 3 is 2.80 bits per heavy atom. The van der Waals surface area contributed by atoms with E-state index in [1.807, 2.05) is 5.92 Å². The summed E-state index contributed by atoms with van der Waals surface area (Å²) in [5.74, 6) is 2.00. The highest BCUT2D eigenvalue weighted by molar-refractivity contribution is 5.85. The van der Waals surface area contributed by atoms with Crippen molar-refractivity contribution >= 4 is 18.2 Å². The van der Waals surface area contributed by atoms with Gasteiger partial charge in [0.15, 0.2) is 11.8 Å². The van der Waals surface area contributed by atoms with E-state index in [9.17, 15) is 15.0 Å². The van der Waals surface area contributed by atoms with E-state index < -0.39 is 36.3 Å². The van der Waals surface area contributed by atoms with Crippen LogP contribution in [0.5, 0.6) is 0 Å². The van der Waals surface area contributed by atoms with E-state index in [0.717, 1.165) is 4.57 Å². The van der Waals surface area contributed by atoms with Gasteiger partial charge in [-0.15, -0.1) is 18.8 Å². The summed E-state index contributed by atoms with van der Waals surface area (Å²) in [5, 5.41) is 29.1. The molecule has 1 aliphatic rings. The van der Waals surface area contributed by atoms with Crippen molar-refractivity contribution in [1.82, 2.24) is 9.55 Å². The van der Waals surface area contributed by atoms with Crippen LogP contribution in [0.3, 0.4) is 0 Å². The van der Waals surface area contributed by atoms with Crippen molar-refractivity contribution in [2.45, 2.75) is 24.0 Å². The lowest BCUT2D eigenvalue weighted by molar-refractivity contribution is -0.0763. The standard InChI is InChI=1S/C11H13N3O5.ClH/c1-2-11(18)8(16)6(5-15)19-9(11)14-4-3-7(12)13-10(14)17;/h1,3-4,6,8-9,15-16,18H,5H2,(H2,12,13,17);1H/t6-,8-,9-,11-;/m1./s1. The molecule has 1 aromatic rings. The molecule has 1 aromatic heterocycles. The molecule has 0 spiro atoms. The molecule has 2 rings (SSSR count). The van der Waals surface area contributed by atoms with Gasteiger partial charge in [-0.25, -0.2) is 4.79 Å². The van der Waals surface area contributed by atoms with Crippen LogP contribution >= 0.6 is 12.4 Å². The zero-order chi connectivity index (χ0) is 14.2. The van der Waals surface area contributed by atoms with Gasteiger partial charge >= 0.3 is 5.69 Å². The van der Waals surface area contributed by atoms with Crippen LogP contribution in [-0.2, 0) is 4.74 Å². The second-order valence-electron chi connectivity index (χ2n) is 4.17. The second kappa shape index (κ2) is 5.78. The Bertz CT molecular complexity index is 586. The van der Waals surface area contributed by atoms with Crippen LogP contribution in [0, 0.1) is 12.3 Å². The molecule has 5 N–H and O–H groups in total. The molecule has 2 heterocycles. The van der Waals surface area contributed by atoms with Crippen molar-refractivity contribution < 1.29 is 20.1 Å². The maximum absolute atomic E-state index is 11.7. The van der Waals surface area contributed by atoms with Gasteiger partial charge in [0.2, 0.25) is 0 Å². The minimum absolute atomic E-state index is 0. The van der Waals surface area contributed by atoms with Crippen LogP contribution in [0.1, 0.15) is 6.23 Å². The first-order valence-electron chi connectivity index (χ1n) is 5.43. The molecule has 1 fully saturated rings. The molecule has 0 aromatic carbocycles. The molecule has 110 valence electrons. The fraction of sp³-hybridized carbons (Fsp3) is 0.455. The minimum atomic E-state index is -2.14. The average molecular weight is 304 g/mol. The number of aromatic nitrogens is 2. The first-order valence-corrected chi connectivity index (χ1v) is 5.43. The molecule has 0 radical (unpaired) electrons. The van der Waals surface area contributed by atoms with Crippen molar-refractivity contribution in [1.29, 1.82) is 0 Å². The largest absolute Gasteiger partial charge is 0.394 e. The number of terminal acetylenes is 1. The number of nitrogens with zero attached hydrogens (tertiary/aromatic N) is 2. The third kappa shape index (κ3) is 2.37. The summed E-state index contributed by atoms with van der Waals surface area (Å²) in [4.78, 5) is 15.2. The van der Waals surface area contributed by atoms with Crippen LogP contribution in [0.2, 0.25) is 0 Å². The molecule has 9 heteroatoms. The SMILES string of the molecule is C#C[C@@]1(O)[C@H](O)[C@@H](CO)O[C@H]1n1ccc(N)nc1=O.Cl. The van der Waals surface area contributed by atoms with Crippen LogP contribution in [0.4, 0.5) is 5.82 Å². The van der Waals surface area contributed by atoms with Gasteiger partial charge in [0.1, 0.15) is 18.0 Å². The van der Waals surface area contributed by atoms with Crippen molar-refractivity contribution in [3.63, 3.8) is 0 Å². The van der Waals surface area contributed by atoms with Gasteiger partial charge in [0, 0.05) is 6.20 Å². The summed E-state index contributed by atoms with van der Waals surface area (Å²) >= 11 is 0. The lowest BCUT2D eigenvalue weighted by Gasteiger charge is -2.26. The Kier molecular flexibility index (Phi) is 4.75. The number of aliphatic hydroxyl groups is 3. The number of nitrogen functional groups attached to an aromatic ring is 1. The van der Waals surface area contributed by atoms with E-state index in [4.69, 9.17) is 22.0 Å². The molecule has 0 aliphatic carbocycles. The third-order valence-corrected chi connectivity index (χ3v) is 3.00. The molecular formula is C11H14ClN3O5. The van der Waals surface area contributed by atoms with E-state index in [1.165, 1.54) is 12.3 Å². The molecule has 0 unspecified atom stereocenters. The molecular weight excluding hydrogens is 290 g/mol. The summed E-state index contributed by atoms with van der Waals surface area (Å²) in [7, 11) is 0. The fourth-order valence-corrected chi connectivity index (χ4v) is 1.95. The predicted octanol–water partition coefficient (Wildman–Crippen LogP) is -2.14. The number of ether oxygens (including phenoxy) is 1. The Labute approximate surface area is 120 Å². The van der Waals surface area contributed by atoms with E-state index in [0.29, 0.717) is 0 Å². The van der Waals surface area contributed by atoms with Gasteiger partial charge in [-0.3, -0.25) is 4.57 Å². The summed E-state index contributed by atoms with van der Waals surface area (Å²) in [5.41, 5.74) is 2.42. The second-order valence-corrected chi connectivity index (χ2v) is 4.17. The summed E-state index contributed by atoms with van der Waals surface area (Å²) in [6.45, 7) is -0.557. The van der Waals surface area contributed by atoms with Gasteiger partial charge in [0.05, 0.1) is 6.61 Å². The number of anilines is 1. The summed E-state index contributed by atoms with van der Waals surface area (Å²) < 4.78 is 6.14. The predicted molar refractivity (Wildman–Crippen MR) is 70.9 cm³/mol. The van der Waals surface area contributed by atoms with Gasteiger partial charge in [-0.1, -0.05) is 5.92 Å². The topological polar surface area (TPSA) is 131 Å². The van der Waals surface area contributed by atoms with Crippen LogP contribution in [0.15, 0.2) is 17.1 Å². The smallest absolute Gasteiger partial charge is 0.351 e. The van der Waals surface area contributed by atoms with E-state index in [-0.39, 0.29) is 18.2 Å². The van der Waals surface area contributed by atoms with Gasteiger partial charge in [-0.05, 0) is 6.07 Å². The van der Waals surface area contributed by atoms with E-state index >= 15 is 0 Å². The highest BCUT2D eigenvalue weighted by Crippen LogP contribution is 2.37. The number of rotatable bonds is 2. The monoisotopic (exact) mass is 303 g/mol. The van der Waals surface area contributed by atoms with E-state index in [1.54, 1.807) is 0 Å². The van der Waals surface area contributed by atoms with Crippen molar-refractivity contribution in [3.05, 3.63) is 22.7 Å². The van der Waals surface area contributed by atoms with Crippen molar-refractivity contribution in [2.24, 2.45) is 0 Å². The molecule has 8 nitrogen and oxygen atoms in total.